The van der Waals surface area contributed by atoms with E-state index < -0.39 is 11.6 Å². The van der Waals surface area contributed by atoms with Crippen molar-refractivity contribution in [1.82, 2.24) is 0 Å². The molecule has 158 valence electrons. The Bertz CT molecular complexity index is 555. The van der Waals surface area contributed by atoms with E-state index in [1.165, 1.54) is 5.57 Å². The molecule has 0 aromatic heterocycles. The molecule has 28 heavy (non-hydrogen) atoms. The number of allylic oxidation sites excluding steroid dienone is 4. The Morgan fingerprint density at radius 1 is 0.893 bits per heavy atom. The van der Waals surface area contributed by atoms with Gasteiger partial charge in [0.2, 0.25) is 0 Å². The molecule has 0 amide bonds. The van der Waals surface area contributed by atoms with Gasteiger partial charge in [0.05, 0.1) is 26.4 Å². The fraction of sp³-hybridized carbons (Fsp3) is 0.750. The van der Waals surface area contributed by atoms with Crippen LogP contribution in [0.5, 0.6) is 0 Å². The van der Waals surface area contributed by atoms with Crippen LogP contribution in [0.4, 0.5) is 0 Å². The van der Waals surface area contributed by atoms with E-state index in [1.807, 2.05) is 13.8 Å². The normalized spacial score (nSPS) is 21.2. The Balaban J connectivity index is 1.61. The third kappa shape index (κ3) is 8.49. The molecule has 2 rings (SSSR count). The first-order valence-corrected chi connectivity index (χ1v) is 10.8. The van der Waals surface area contributed by atoms with Gasteiger partial charge in [-0.3, -0.25) is 0 Å². The van der Waals surface area contributed by atoms with Crippen LogP contribution in [0, 0.1) is 11.8 Å². The zero-order valence-corrected chi connectivity index (χ0v) is 18.1. The summed E-state index contributed by atoms with van der Waals surface area (Å²) in [5.41, 5.74) is 1.46. The molecule has 0 aromatic rings. The topological polar surface area (TPSA) is 36.9 Å². The number of ether oxygens (including phenoxy) is 4. The van der Waals surface area contributed by atoms with Crippen molar-refractivity contribution in [3.63, 3.8) is 0 Å². The average Bonchev–Trinajstić information content (AvgIpc) is 3.33. The molecule has 2 fully saturated rings. The summed E-state index contributed by atoms with van der Waals surface area (Å²) in [6.07, 6.45) is 15.8. The van der Waals surface area contributed by atoms with Gasteiger partial charge in [0.1, 0.15) is 0 Å². The lowest BCUT2D eigenvalue weighted by Crippen LogP contribution is -2.35. The third-order valence-corrected chi connectivity index (χ3v) is 5.41. The van der Waals surface area contributed by atoms with Crippen LogP contribution in [0.15, 0.2) is 23.8 Å². The standard InChI is InChI=1S/C24H38O4/c1-4-5-6-10-13-22(2)14-11-8-7-9-12-15-24(27-20-21-28-24)17-16-23(3)25-18-19-26-23/h7-8,13H,6,9-12,14-21H2,1-3H3/b8-7+,22-13+. The zero-order chi connectivity index (χ0) is 20.1. The van der Waals surface area contributed by atoms with E-state index >= 15 is 0 Å². The van der Waals surface area contributed by atoms with Crippen LogP contribution in [0.1, 0.15) is 78.6 Å². The van der Waals surface area contributed by atoms with Gasteiger partial charge in [0.15, 0.2) is 11.6 Å². The van der Waals surface area contributed by atoms with E-state index in [4.69, 9.17) is 18.9 Å². The molecule has 0 aliphatic carbocycles. The highest BCUT2D eigenvalue weighted by Gasteiger charge is 2.40. The van der Waals surface area contributed by atoms with Crippen molar-refractivity contribution >= 4 is 0 Å². The number of hydrogen-bond acceptors (Lipinski definition) is 4. The Hall–Kier alpha value is -1.12. The zero-order valence-electron chi connectivity index (χ0n) is 18.1. The molecule has 0 aromatic carbocycles. The molecule has 2 aliphatic rings. The second-order valence-corrected chi connectivity index (χ2v) is 7.86. The Kier molecular flexibility index (Phi) is 10.3. The van der Waals surface area contributed by atoms with E-state index in [-0.39, 0.29) is 0 Å². The van der Waals surface area contributed by atoms with Crippen LogP contribution in [0.3, 0.4) is 0 Å². The molecule has 2 heterocycles. The minimum atomic E-state index is -0.475. The summed E-state index contributed by atoms with van der Waals surface area (Å²) in [6.45, 7) is 8.85. The second-order valence-electron chi connectivity index (χ2n) is 7.86. The predicted octanol–water partition coefficient (Wildman–Crippen LogP) is 5.53. The lowest BCUT2D eigenvalue weighted by atomic mass is 9.99. The van der Waals surface area contributed by atoms with Gasteiger partial charge in [-0.15, -0.1) is 11.8 Å². The fourth-order valence-corrected chi connectivity index (χ4v) is 3.68. The van der Waals surface area contributed by atoms with Crippen molar-refractivity contribution in [2.45, 2.75) is 90.1 Å². The molecule has 0 spiro atoms. The molecular weight excluding hydrogens is 352 g/mol. The van der Waals surface area contributed by atoms with Gasteiger partial charge in [0.25, 0.3) is 0 Å². The molecule has 0 N–H and O–H groups in total. The third-order valence-electron chi connectivity index (χ3n) is 5.41. The first-order chi connectivity index (χ1) is 13.6. The van der Waals surface area contributed by atoms with Crippen molar-refractivity contribution in [3.05, 3.63) is 23.8 Å². The molecule has 2 saturated heterocycles. The Morgan fingerprint density at radius 3 is 2.29 bits per heavy atom. The lowest BCUT2D eigenvalue weighted by molar-refractivity contribution is -0.200. The molecule has 2 aliphatic heterocycles. The lowest BCUT2D eigenvalue weighted by Gasteiger charge is -2.31. The van der Waals surface area contributed by atoms with Crippen LogP contribution in [-0.4, -0.2) is 38.0 Å². The Morgan fingerprint density at radius 2 is 1.57 bits per heavy atom. The van der Waals surface area contributed by atoms with E-state index in [1.54, 1.807) is 0 Å². The number of hydrogen-bond donors (Lipinski definition) is 0. The molecule has 4 nitrogen and oxygen atoms in total. The maximum absolute atomic E-state index is 5.98. The summed E-state index contributed by atoms with van der Waals surface area (Å²) in [7, 11) is 0. The van der Waals surface area contributed by atoms with Crippen molar-refractivity contribution in [1.29, 1.82) is 0 Å². The molecule has 0 saturated carbocycles. The van der Waals surface area contributed by atoms with Crippen LogP contribution in [0.25, 0.3) is 0 Å². The van der Waals surface area contributed by atoms with E-state index in [0.717, 1.165) is 57.8 Å². The highest BCUT2D eigenvalue weighted by atomic mass is 16.7. The van der Waals surface area contributed by atoms with Crippen LogP contribution in [0.2, 0.25) is 0 Å². The first-order valence-electron chi connectivity index (χ1n) is 10.8. The van der Waals surface area contributed by atoms with Gasteiger partial charge in [-0.2, -0.15) is 0 Å². The largest absolute Gasteiger partial charge is 0.348 e. The van der Waals surface area contributed by atoms with Gasteiger partial charge >= 0.3 is 0 Å². The first kappa shape index (κ1) is 23.2. The average molecular weight is 391 g/mol. The van der Waals surface area contributed by atoms with Crippen molar-refractivity contribution in [2.75, 3.05) is 26.4 Å². The summed E-state index contributed by atoms with van der Waals surface area (Å²) in [5, 5.41) is 0. The maximum atomic E-state index is 5.98. The number of rotatable bonds is 12. The molecule has 0 unspecified atom stereocenters. The van der Waals surface area contributed by atoms with E-state index in [9.17, 15) is 0 Å². The van der Waals surface area contributed by atoms with Gasteiger partial charge in [-0.05, 0) is 52.9 Å². The summed E-state index contributed by atoms with van der Waals surface area (Å²) in [5.74, 6) is 5.12. The van der Waals surface area contributed by atoms with Crippen LogP contribution >= 0.6 is 0 Å². The van der Waals surface area contributed by atoms with Gasteiger partial charge in [-0.25, -0.2) is 0 Å². The molecule has 0 radical (unpaired) electrons. The van der Waals surface area contributed by atoms with E-state index in [2.05, 4.69) is 37.0 Å². The summed E-state index contributed by atoms with van der Waals surface area (Å²) in [4.78, 5) is 0. The molecule has 0 atom stereocenters. The Labute approximate surface area is 171 Å². The van der Waals surface area contributed by atoms with Crippen molar-refractivity contribution in [3.8, 4) is 11.8 Å². The predicted molar refractivity (Wildman–Crippen MR) is 113 cm³/mol. The van der Waals surface area contributed by atoms with Crippen molar-refractivity contribution < 1.29 is 18.9 Å². The van der Waals surface area contributed by atoms with E-state index in [0.29, 0.717) is 26.4 Å². The van der Waals surface area contributed by atoms with Gasteiger partial charge < -0.3 is 18.9 Å². The minimum Gasteiger partial charge on any atom is -0.348 e. The summed E-state index contributed by atoms with van der Waals surface area (Å²) in [6, 6.07) is 0. The second kappa shape index (κ2) is 12.4. The molecular formula is C24H38O4. The highest BCUT2D eigenvalue weighted by molar-refractivity contribution is 5.03. The summed E-state index contributed by atoms with van der Waals surface area (Å²) >= 11 is 0. The highest BCUT2D eigenvalue weighted by Crippen LogP contribution is 2.35. The fourth-order valence-electron chi connectivity index (χ4n) is 3.68. The van der Waals surface area contributed by atoms with Crippen LogP contribution < -0.4 is 0 Å². The number of unbranched alkanes of at least 4 members (excludes halogenated alkanes) is 2. The SMILES string of the molecule is CC#CCC/C=C(\C)CC/C=C/CCCC1(CCC2(C)OCCO2)OCCO1. The van der Waals surface area contributed by atoms with Crippen molar-refractivity contribution in [2.24, 2.45) is 0 Å². The van der Waals surface area contributed by atoms with Crippen LogP contribution in [-0.2, 0) is 18.9 Å². The minimum absolute atomic E-state index is 0.452. The summed E-state index contributed by atoms with van der Waals surface area (Å²) < 4.78 is 23.4. The quantitative estimate of drug-likeness (QED) is 0.249. The molecule has 4 heteroatoms. The molecule has 0 bridgehead atoms. The smallest absolute Gasteiger partial charge is 0.168 e. The monoisotopic (exact) mass is 390 g/mol. The van der Waals surface area contributed by atoms with Gasteiger partial charge in [0, 0.05) is 25.7 Å². The van der Waals surface area contributed by atoms with Gasteiger partial charge in [-0.1, -0.05) is 23.8 Å². The maximum Gasteiger partial charge on any atom is 0.168 e.